The van der Waals surface area contributed by atoms with Crippen LogP contribution in [0.4, 0.5) is 0 Å². The molecule has 4 rings (SSSR count). The van der Waals surface area contributed by atoms with Crippen molar-refractivity contribution in [2.24, 2.45) is 0 Å². The van der Waals surface area contributed by atoms with E-state index in [1.54, 1.807) is 0 Å². The Morgan fingerprint density at radius 1 is 1.15 bits per heavy atom. The SMILES string of the molecule is CCOc1ccc([C@@H]2CCCN2Cn2[nH]c(-c3ccccc3)nc2=S)cc1. The molecule has 2 heterocycles. The van der Waals surface area contributed by atoms with Crippen LogP contribution in [0, 0.1) is 4.77 Å². The molecule has 0 saturated carbocycles. The number of ether oxygens (including phenoxy) is 1. The molecule has 140 valence electrons. The van der Waals surface area contributed by atoms with Gasteiger partial charge in [0.05, 0.1) is 13.3 Å². The number of nitrogens with one attached hydrogen (secondary N) is 1. The van der Waals surface area contributed by atoms with E-state index in [9.17, 15) is 0 Å². The number of nitrogens with zero attached hydrogens (tertiary/aromatic N) is 3. The van der Waals surface area contributed by atoms with E-state index in [2.05, 4.69) is 39.2 Å². The van der Waals surface area contributed by atoms with Gasteiger partial charge in [0.25, 0.3) is 0 Å². The highest BCUT2D eigenvalue weighted by Crippen LogP contribution is 2.33. The van der Waals surface area contributed by atoms with Crippen molar-refractivity contribution in [2.75, 3.05) is 13.2 Å². The van der Waals surface area contributed by atoms with Crippen molar-refractivity contribution < 1.29 is 4.74 Å². The predicted molar refractivity (Wildman–Crippen MR) is 109 cm³/mol. The summed E-state index contributed by atoms with van der Waals surface area (Å²) in [5, 5.41) is 3.36. The van der Waals surface area contributed by atoms with Crippen LogP contribution in [0.15, 0.2) is 54.6 Å². The molecule has 0 unspecified atom stereocenters. The quantitative estimate of drug-likeness (QED) is 0.624. The van der Waals surface area contributed by atoms with Crippen LogP contribution < -0.4 is 4.74 Å². The molecule has 0 bridgehead atoms. The summed E-state index contributed by atoms with van der Waals surface area (Å²) in [6.45, 7) is 4.47. The average Bonchev–Trinajstić information content (AvgIpc) is 3.31. The number of H-pyrrole nitrogens is 1. The monoisotopic (exact) mass is 380 g/mol. The van der Waals surface area contributed by atoms with Crippen molar-refractivity contribution in [1.29, 1.82) is 0 Å². The van der Waals surface area contributed by atoms with E-state index in [0.29, 0.717) is 17.4 Å². The molecule has 1 saturated heterocycles. The van der Waals surface area contributed by atoms with Crippen LogP contribution in [-0.4, -0.2) is 32.8 Å². The van der Waals surface area contributed by atoms with E-state index in [1.165, 1.54) is 12.0 Å². The summed E-state index contributed by atoms with van der Waals surface area (Å²) in [7, 11) is 0. The topological polar surface area (TPSA) is 46.1 Å². The van der Waals surface area contributed by atoms with Gasteiger partial charge >= 0.3 is 0 Å². The zero-order chi connectivity index (χ0) is 18.6. The van der Waals surface area contributed by atoms with Crippen LogP contribution in [0.25, 0.3) is 11.4 Å². The Balaban J connectivity index is 1.52. The third kappa shape index (κ3) is 3.96. The van der Waals surface area contributed by atoms with E-state index in [4.69, 9.17) is 17.0 Å². The third-order valence-corrected chi connectivity index (χ3v) is 5.30. The fourth-order valence-electron chi connectivity index (χ4n) is 3.69. The summed E-state index contributed by atoms with van der Waals surface area (Å²) in [6, 6.07) is 19.0. The van der Waals surface area contributed by atoms with Gasteiger partial charge in [-0.2, -0.15) is 4.98 Å². The minimum absolute atomic E-state index is 0.394. The highest BCUT2D eigenvalue weighted by molar-refractivity contribution is 7.71. The first-order valence-corrected chi connectivity index (χ1v) is 9.84. The van der Waals surface area contributed by atoms with Crippen molar-refractivity contribution >= 4 is 12.2 Å². The van der Waals surface area contributed by atoms with Gasteiger partial charge in [0, 0.05) is 18.2 Å². The number of benzene rings is 2. The lowest BCUT2D eigenvalue weighted by Gasteiger charge is -2.25. The zero-order valence-corrected chi connectivity index (χ0v) is 16.3. The molecule has 27 heavy (non-hydrogen) atoms. The summed E-state index contributed by atoms with van der Waals surface area (Å²) >= 11 is 5.49. The molecule has 0 spiro atoms. The lowest BCUT2D eigenvalue weighted by Crippen LogP contribution is -2.26. The maximum absolute atomic E-state index is 5.56. The fourth-order valence-corrected chi connectivity index (χ4v) is 3.88. The normalized spacial score (nSPS) is 17.3. The Morgan fingerprint density at radius 3 is 2.67 bits per heavy atom. The lowest BCUT2D eigenvalue weighted by molar-refractivity contribution is 0.190. The number of hydrogen-bond donors (Lipinski definition) is 1. The van der Waals surface area contributed by atoms with E-state index in [0.717, 1.165) is 36.8 Å². The minimum atomic E-state index is 0.394. The molecule has 1 N–H and O–H groups in total. The molecular formula is C21H24N4OS. The largest absolute Gasteiger partial charge is 0.494 e. The molecule has 1 fully saturated rings. The number of hydrogen-bond acceptors (Lipinski definition) is 4. The van der Waals surface area contributed by atoms with Gasteiger partial charge in [-0.1, -0.05) is 42.5 Å². The Hall–Kier alpha value is -2.44. The van der Waals surface area contributed by atoms with Crippen LogP contribution in [0.5, 0.6) is 5.75 Å². The molecule has 5 nitrogen and oxygen atoms in total. The van der Waals surface area contributed by atoms with E-state index in [1.807, 2.05) is 41.9 Å². The Labute approximate surface area is 164 Å². The third-order valence-electron chi connectivity index (χ3n) is 4.99. The summed E-state index contributed by atoms with van der Waals surface area (Å²) in [4.78, 5) is 6.99. The van der Waals surface area contributed by atoms with E-state index in [-0.39, 0.29) is 0 Å². The minimum Gasteiger partial charge on any atom is -0.494 e. The number of rotatable bonds is 6. The lowest BCUT2D eigenvalue weighted by atomic mass is 10.0. The van der Waals surface area contributed by atoms with Gasteiger partial charge < -0.3 is 4.74 Å². The molecule has 6 heteroatoms. The highest BCUT2D eigenvalue weighted by atomic mass is 32.1. The van der Waals surface area contributed by atoms with Crippen LogP contribution in [0.2, 0.25) is 0 Å². The number of likely N-dealkylation sites (tertiary alicyclic amines) is 1. The van der Waals surface area contributed by atoms with Crippen LogP contribution in [0.1, 0.15) is 31.4 Å². The van der Waals surface area contributed by atoms with E-state index >= 15 is 0 Å². The molecule has 1 aromatic heterocycles. The molecule has 0 amide bonds. The summed E-state index contributed by atoms with van der Waals surface area (Å²) < 4.78 is 8.11. The highest BCUT2D eigenvalue weighted by Gasteiger charge is 2.26. The first kappa shape index (κ1) is 17.9. The number of aromatic nitrogens is 3. The van der Waals surface area contributed by atoms with Crippen molar-refractivity contribution in [1.82, 2.24) is 19.7 Å². The molecule has 0 aliphatic carbocycles. The van der Waals surface area contributed by atoms with Crippen LogP contribution in [-0.2, 0) is 6.67 Å². The second-order valence-corrected chi connectivity index (χ2v) is 7.13. The van der Waals surface area contributed by atoms with E-state index < -0.39 is 0 Å². The number of aromatic amines is 1. The van der Waals surface area contributed by atoms with Crippen molar-refractivity contribution in [3.63, 3.8) is 0 Å². The Morgan fingerprint density at radius 2 is 1.93 bits per heavy atom. The molecule has 1 atom stereocenters. The van der Waals surface area contributed by atoms with Crippen LogP contribution >= 0.6 is 12.2 Å². The molecular weight excluding hydrogens is 356 g/mol. The maximum Gasteiger partial charge on any atom is 0.217 e. The van der Waals surface area contributed by atoms with Crippen molar-refractivity contribution in [2.45, 2.75) is 32.5 Å². The average molecular weight is 381 g/mol. The molecule has 3 aromatic rings. The Kier molecular flexibility index (Phi) is 5.36. The molecule has 1 aliphatic heterocycles. The van der Waals surface area contributed by atoms with Gasteiger partial charge in [-0.3, -0.25) is 10.00 Å². The smallest absolute Gasteiger partial charge is 0.217 e. The molecule has 1 aliphatic rings. The first-order valence-electron chi connectivity index (χ1n) is 9.43. The molecule has 2 aromatic carbocycles. The van der Waals surface area contributed by atoms with Crippen LogP contribution in [0.3, 0.4) is 0 Å². The molecule has 0 radical (unpaired) electrons. The summed E-state index contributed by atoms with van der Waals surface area (Å²) in [5.41, 5.74) is 2.37. The zero-order valence-electron chi connectivity index (χ0n) is 15.5. The predicted octanol–water partition coefficient (Wildman–Crippen LogP) is 4.80. The van der Waals surface area contributed by atoms with Crippen molar-refractivity contribution in [3.8, 4) is 17.1 Å². The second-order valence-electron chi connectivity index (χ2n) is 6.76. The summed E-state index contributed by atoms with van der Waals surface area (Å²) in [6.07, 6.45) is 2.34. The van der Waals surface area contributed by atoms with Gasteiger partial charge in [0.15, 0.2) is 5.82 Å². The van der Waals surface area contributed by atoms with Crippen molar-refractivity contribution in [3.05, 3.63) is 64.9 Å². The van der Waals surface area contributed by atoms with Gasteiger partial charge in [-0.15, -0.1) is 0 Å². The second kappa shape index (κ2) is 8.06. The van der Waals surface area contributed by atoms with Gasteiger partial charge in [0.2, 0.25) is 4.77 Å². The summed E-state index contributed by atoms with van der Waals surface area (Å²) in [5.74, 6) is 1.74. The van der Waals surface area contributed by atoms with Gasteiger partial charge in [-0.25, -0.2) is 4.68 Å². The van der Waals surface area contributed by atoms with Gasteiger partial charge in [0.1, 0.15) is 5.75 Å². The maximum atomic E-state index is 5.56. The van der Waals surface area contributed by atoms with Gasteiger partial charge in [-0.05, 0) is 49.7 Å². The standard InChI is InChI=1S/C21H24N4OS/c1-2-26-18-12-10-16(11-13-18)19-9-6-14-24(19)15-25-21(27)22-20(23-25)17-7-4-3-5-8-17/h3-5,7-8,10-13,19H,2,6,9,14-15H2,1H3,(H,22,23,27)/t19-/m0/s1. The Bertz CT molecular complexity index is 933. The first-order chi connectivity index (χ1) is 13.2. The fraction of sp³-hybridized carbons (Fsp3) is 0.333.